The zero-order valence-electron chi connectivity index (χ0n) is 10.1. The zero-order chi connectivity index (χ0) is 12.3. The van der Waals surface area contributed by atoms with Gasteiger partial charge in [0.1, 0.15) is 5.82 Å². The number of rotatable bonds is 3. The van der Waals surface area contributed by atoms with Crippen molar-refractivity contribution in [3.05, 3.63) is 65.5 Å². The minimum Gasteiger partial charge on any atom is -0.376 e. The van der Waals surface area contributed by atoms with Crippen LogP contribution in [0.15, 0.2) is 48.5 Å². The summed E-state index contributed by atoms with van der Waals surface area (Å²) in [5.74, 6) is -0.171. The Bertz CT molecular complexity index is 494. The maximum absolute atomic E-state index is 13.8. The van der Waals surface area contributed by atoms with Gasteiger partial charge in [-0.15, -0.1) is 0 Å². The van der Waals surface area contributed by atoms with Gasteiger partial charge in [0.25, 0.3) is 0 Å². The quantitative estimate of drug-likeness (QED) is 0.827. The van der Waals surface area contributed by atoms with Crippen LogP contribution in [0, 0.1) is 12.7 Å². The van der Waals surface area contributed by atoms with E-state index in [2.05, 4.69) is 5.32 Å². The summed E-state index contributed by atoms with van der Waals surface area (Å²) >= 11 is 0. The Morgan fingerprint density at radius 3 is 2.41 bits per heavy atom. The van der Waals surface area contributed by atoms with Crippen LogP contribution in [-0.4, -0.2) is 0 Å². The molecule has 0 spiro atoms. The smallest absolute Gasteiger partial charge is 0.149 e. The minimum absolute atomic E-state index is 0.0903. The molecule has 1 N–H and O–H groups in total. The second-order valence-electron chi connectivity index (χ2n) is 4.21. The van der Waals surface area contributed by atoms with Crippen molar-refractivity contribution in [2.24, 2.45) is 0 Å². The molecule has 0 bridgehead atoms. The lowest BCUT2D eigenvalue weighted by Gasteiger charge is -2.16. The summed E-state index contributed by atoms with van der Waals surface area (Å²) in [6.07, 6.45) is 0. The van der Waals surface area contributed by atoms with E-state index in [9.17, 15) is 4.39 Å². The van der Waals surface area contributed by atoms with Gasteiger partial charge in [-0.1, -0.05) is 42.5 Å². The third kappa shape index (κ3) is 2.64. The highest BCUT2D eigenvalue weighted by molar-refractivity contribution is 5.49. The molecule has 0 aliphatic heterocycles. The Balaban J connectivity index is 2.19. The van der Waals surface area contributed by atoms with Crippen LogP contribution in [0.5, 0.6) is 0 Å². The molecule has 1 unspecified atom stereocenters. The van der Waals surface area contributed by atoms with Gasteiger partial charge < -0.3 is 5.32 Å². The molecular formula is C15H16FN. The molecular weight excluding hydrogens is 213 g/mol. The fraction of sp³-hybridized carbons (Fsp3) is 0.200. The van der Waals surface area contributed by atoms with Crippen LogP contribution in [0.1, 0.15) is 24.1 Å². The van der Waals surface area contributed by atoms with Crippen LogP contribution in [-0.2, 0) is 0 Å². The number of hydrogen-bond donors (Lipinski definition) is 1. The number of halogens is 1. The molecule has 0 saturated heterocycles. The molecule has 0 radical (unpaired) electrons. The Kier molecular flexibility index (Phi) is 3.43. The van der Waals surface area contributed by atoms with Gasteiger partial charge in [-0.3, -0.25) is 0 Å². The number of hydrogen-bond acceptors (Lipinski definition) is 1. The van der Waals surface area contributed by atoms with E-state index in [1.807, 2.05) is 43.3 Å². The largest absolute Gasteiger partial charge is 0.376 e. The molecule has 1 nitrogen and oxygen atoms in total. The standard InChI is InChI=1S/C15H16FN/c1-11-7-6-10-14(15(11)16)17-12(2)13-8-4-3-5-9-13/h3-10,12,17H,1-2H3. The van der Waals surface area contributed by atoms with Gasteiger partial charge >= 0.3 is 0 Å². The fourth-order valence-corrected chi connectivity index (χ4v) is 1.82. The lowest BCUT2D eigenvalue weighted by molar-refractivity contribution is 0.618. The Morgan fingerprint density at radius 1 is 1.00 bits per heavy atom. The maximum Gasteiger partial charge on any atom is 0.149 e. The van der Waals surface area contributed by atoms with Gasteiger partial charge in [-0.2, -0.15) is 0 Å². The highest BCUT2D eigenvalue weighted by atomic mass is 19.1. The van der Waals surface area contributed by atoms with Crippen LogP contribution >= 0.6 is 0 Å². The van der Waals surface area contributed by atoms with Crippen molar-refractivity contribution in [3.8, 4) is 0 Å². The van der Waals surface area contributed by atoms with Gasteiger partial charge in [-0.25, -0.2) is 4.39 Å². The summed E-state index contributed by atoms with van der Waals surface area (Å²) < 4.78 is 13.8. The average molecular weight is 229 g/mol. The van der Waals surface area contributed by atoms with Crippen LogP contribution in [0.2, 0.25) is 0 Å². The SMILES string of the molecule is Cc1cccc(NC(C)c2ccccc2)c1F. The molecule has 0 aromatic heterocycles. The number of benzene rings is 2. The first-order valence-electron chi connectivity index (χ1n) is 5.75. The number of nitrogens with one attached hydrogen (secondary N) is 1. The van der Waals surface area contributed by atoms with Crippen molar-refractivity contribution in [1.29, 1.82) is 0 Å². The van der Waals surface area contributed by atoms with Crippen molar-refractivity contribution in [1.82, 2.24) is 0 Å². The summed E-state index contributed by atoms with van der Waals surface area (Å²) in [4.78, 5) is 0. The molecule has 0 heterocycles. The molecule has 17 heavy (non-hydrogen) atoms. The lowest BCUT2D eigenvalue weighted by Crippen LogP contribution is -2.08. The molecule has 0 saturated carbocycles. The molecule has 2 aromatic rings. The summed E-state index contributed by atoms with van der Waals surface area (Å²) in [5, 5.41) is 3.19. The molecule has 0 aliphatic carbocycles. The summed E-state index contributed by atoms with van der Waals surface area (Å²) in [6.45, 7) is 3.80. The van der Waals surface area contributed by atoms with E-state index in [0.717, 1.165) is 5.56 Å². The molecule has 2 heteroatoms. The van der Waals surface area contributed by atoms with Gasteiger partial charge in [0.2, 0.25) is 0 Å². The summed E-state index contributed by atoms with van der Waals surface area (Å²) in [5.41, 5.74) is 2.37. The lowest BCUT2D eigenvalue weighted by atomic mass is 10.1. The van der Waals surface area contributed by atoms with E-state index in [1.165, 1.54) is 0 Å². The third-order valence-electron chi connectivity index (χ3n) is 2.86. The van der Waals surface area contributed by atoms with Gasteiger partial charge in [0.05, 0.1) is 5.69 Å². The van der Waals surface area contributed by atoms with Crippen LogP contribution in [0.3, 0.4) is 0 Å². The van der Waals surface area contributed by atoms with Crippen molar-refractivity contribution < 1.29 is 4.39 Å². The van der Waals surface area contributed by atoms with Crippen LogP contribution in [0.4, 0.5) is 10.1 Å². The van der Waals surface area contributed by atoms with Crippen molar-refractivity contribution >= 4 is 5.69 Å². The van der Waals surface area contributed by atoms with Crippen molar-refractivity contribution in [2.45, 2.75) is 19.9 Å². The monoisotopic (exact) mass is 229 g/mol. The molecule has 0 amide bonds. The van der Waals surface area contributed by atoms with E-state index in [4.69, 9.17) is 0 Å². The van der Waals surface area contributed by atoms with E-state index in [-0.39, 0.29) is 11.9 Å². The van der Waals surface area contributed by atoms with E-state index >= 15 is 0 Å². The number of aryl methyl sites for hydroxylation is 1. The Labute approximate surface area is 101 Å². The molecule has 2 rings (SSSR count). The zero-order valence-corrected chi connectivity index (χ0v) is 10.1. The second kappa shape index (κ2) is 5.00. The minimum atomic E-state index is -0.171. The molecule has 2 aromatic carbocycles. The van der Waals surface area contributed by atoms with E-state index in [0.29, 0.717) is 11.3 Å². The Morgan fingerprint density at radius 2 is 1.71 bits per heavy atom. The first-order chi connectivity index (χ1) is 8.18. The van der Waals surface area contributed by atoms with Crippen molar-refractivity contribution in [2.75, 3.05) is 5.32 Å². The first-order valence-corrected chi connectivity index (χ1v) is 5.75. The van der Waals surface area contributed by atoms with Crippen molar-refractivity contribution in [3.63, 3.8) is 0 Å². The van der Waals surface area contributed by atoms with Gasteiger partial charge in [0.15, 0.2) is 0 Å². The predicted octanol–water partition coefficient (Wildman–Crippen LogP) is 4.31. The highest BCUT2D eigenvalue weighted by Crippen LogP contribution is 2.23. The Hall–Kier alpha value is -1.83. The molecule has 0 aliphatic rings. The van der Waals surface area contributed by atoms with Gasteiger partial charge in [-0.05, 0) is 31.0 Å². The first kappa shape index (κ1) is 11.6. The average Bonchev–Trinajstić information content (AvgIpc) is 2.36. The van der Waals surface area contributed by atoms with Gasteiger partial charge in [0, 0.05) is 6.04 Å². The maximum atomic E-state index is 13.8. The third-order valence-corrected chi connectivity index (χ3v) is 2.86. The summed E-state index contributed by atoms with van der Waals surface area (Å²) in [7, 11) is 0. The van der Waals surface area contributed by atoms with Crippen LogP contribution in [0.25, 0.3) is 0 Å². The molecule has 1 atom stereocenters. The normalized spacial score (nSPS) is 12.2. The van der Waals surface area contributed by atoms with E-state index < -0.39 is 0 Å². The number of anilines is 1. The summed E-state index contributed by atoms with van der Waals surface area (Å²) in [6, 6.07) is 15.5. The predicted molar refractivity (Wildman–Crippen MR) is 69.6 cm³/mol. The molecule has 0 fully saturated rings. The second-order valence-corrected chi connectivity index (χ2v) is 4.21. The van der Waals surface area contributed by atoms with Crippen LogP contribution < -0.4 is 5.32 Å². The topological polar surface area (TPSA) is 12.0 Å². The molecule has 88 valence electrons. The highest BCUT2D eigenvalue weighted by Gasteiger charge is 2.09. The van der Waals surface area contributed by atoms with E-state index in [1.54, 1.807) is 19.1 Å². The fourth-order valence-electron chi connectivity index (χ4n) is 1.82.